The maximum atomic E-state index is 13.3. The Balaban J connectivity index is 1.89. The summed E-state index contributed by atoms with van der Waals surface area (Å²) in [5, 5.41) is 7.63. The van der Waals surface area contributed by atoms with Crippen molar-refractivity contribution in [3.8, 4) is 5.69 Å². The van der Waals surface area contributed by atoms with Gasteiger partial charge in [0.25, 0.3) is 0 Å². The molecule has 4 rings (SSSR count). The molecule has 0 fully saturated rings. The van der Waals surface area contributed by atoms with Crippen LogP contribution in [0.3, 0.4) is 0 Å². The largest absolute Gasteiger partial charge is 0.310 e. The highest BCUT2D eigenvalue weighted by Gasteiger charge is 2.30. The fourth-order valence-electron chi connectivity index (χ4n) is 3.25. The van der Waals surface area contributed by atoms with Crippen molar-refractivity contribution < 1.29 is 9.18 Å². The molecule has 3 aromatic rings. The highest BCUT2D eigenvalue weighted by Crippen LogP contribution is 2.43. The number of carbonyl (C=O) groups excluding carboxylic acids is 1. The number of hydrogen-bond donors (Lipinski definition) is 1. The fraction of sp³-hybridized carbons (Fsp3) is 0.200. The van der Waals surface area contributed by atoms with Crippen molar-refractivity contribution in [2.45, 2.75) is 19.1 Å². The van der Waals surface area contributed by atoms with Gasteiger partial charge in [-0.15, -0.1) is 11.8 Å². The third-order valence-electron chi connectivity index (χ3n) is 4.42. The van der Waals surface area contributed by atoms with Crippen LogP contribution < -0.4 is 5.32 Å². The number of thioether (sulfide) groups is 1. The van der Waals surface area contributed by atoms with Crippen LogP contribution in [0.1, 0.15) is 27.6 Å². The van der Waals surface area contributed by atoms with E-state index in [9.17, 15) is 9.18 Å². The third kappa shape index (κ3) is 3.01. The summed E-state index contributed by atoms with van der Waals surface area (Å²) in [6.07, 6.45) is 0. The first-order valence-electron chi connectivity index (χ1n) is 8.36. The number of nitrogens with zero attached hydrogens (tertiary/aromatic N) is 2. The second-order valence-electron chi connectivity index (χ2n) is 6.39. The molecule has 1 amide bonds. The van der Waals surface area contributed by atoms with Crippen LogP contribution in [0, 0.1) is 19.7 Å². The number of carbonyl (C=O) groups is 1. The van der Waals surface area contributed by atoms with Gasteiger partial charge in [-0.3, -0.25) is 4.79 Å². The molecule has 0 bridgehead atoms. The molecule has 2 aromatic carbocycles. The van der Waals surface area contributed by atoms with Gasteiger partial charge >= 0.3 is 0 Å². The predicted molar refractivity (Wildman–Crippen MR) is 102 cm³/mol. The fourth-order valence-corrected chi connectivity index (χ4v) is 4.43. The molecule has 1 aliphatic rings. The van der Waals surface area contributed by atoms with E-state index in [0.717, 1.165) is 16.8 Å². The number of fused-ring (bicyclic) bond motifs is 1. The van der Waals surface area contributed by atoms with Gasteiger partial charge in [0.2, 0.25) is 5.91 Å². The molecule has 132 valence electrons. The highest BCUT2D eigenvalue weighted by atomic mass is 32.2. The molecule has 0 aliphatic carbocycles. The molecular formula is C20H18FN3OS. The molecule has 2 heterocycles. The molecule has 26 heavy (non-hydrogen) atoms. The number of nitrogens with one attached hydrogen (secondary N) is 1. The van der Waals surface area contributed by atoms with E-state index >= 15 is 0 Å². The number of aryl methyl sites for hydroxylation is 2. The summed E-state index contributed by atoms with van der Waals surface area (Å²) in [6, 6.07) is 14.4. The van der Waals surface area contributed by atoms with Gasteiger partial charge in [-0.25, -0.2) is 9.07 Å². The Labute approximate surface area is 155 Å². The van der Waals surface area contributed by atoms with Crippen LogP contribution in [0.4, 0.5) is 10.2 Å². The highest BCUT2D eigenvalue weighted by molar-refractivity contribution is 8.00. The Morgan fingerprint density at radius 3 is 2.69 bits per heavy atom. The summed E-state index contributed by atoms with van der Waals surface area (Å²) >= 11 is 1.60. The quantitative estimate of drug-likeness (QED) is 0.730. The third-order valence-corrected chi connectivity index (χ3v) is 5.69. The van der Waals surface area contributed by atoms with Gasteiger partial charge in [-0.1, -0.05) is 29.8 Å². The molecule has 0 saturated heterocycles. The van der Waals surface area contributed by atoms with E-state index < -0.39 is 0 Å². The number of rotatable bonds is 2. The van der Waals surface area contributed by atoms with Crippen LogP contribution >= 0.6 is 11.8 Å². The summed E-state index contributed by atoms with van der Waals surface area (Å²) in [5.74, 6) is 0.669. The standard InChI is InChI=1S/C20H18FN3OS/c1-12-4-3-5-14(10-12)19-18-13(2)23-24(16-8-6-15(21)7-9-16)20(18)22-17(25)11-26-19/h3-10,19H,11H2,1-2H3,(H,22,25). The van der Waals surface area contributed by atoms with Gasteiger partial charge in [-0.05, 0) is 43.7 Å². The lowest BCUT2D eigenvalue weighted by atomic mass is 10.0. The van der Waals surface area contributed by atoms with Crippen LogP contribution in [0.2, 0.25) is 0 Å². The summed E-state index contributed by atoms with van der Waals surface area (Å²) in [4.78, 5) is 12.3. The molecule has 1 atom stereocenters. The molecule has 4 nitrogen and oxygen atoms in total. The Hall–Kier alpha value is -2.60. The van der Waals surface area contributed by atoms with E-state index in [2.05, 4.69) is 35.5 Å². The van der Waals surface area contributed by atoms with E-state index in [1.807, 2.05) is 13.0 Å². The first-order chi connectivity index (χ1) is 12.5. The zero-order valence-corrected chi connectivity index (χ0v) is 15.3. The molecule has 6 heteroatoms. The number of benzene rings is 2. The van der Waals surface area contributed by atoms with Crippen LogP contribution in [0.15, 0.2) is 48.5 Å². The lowest BCUT2D eigenvalue weighted by molar-refractivity contribution is -0.113. The smallest absolute Gasteiger partial charge is 0.235 e. The van der Waals surface area contributed by atoms with Gasteiger partial charge in [-0.2, -0.15) is 5.10 Å². The molecule has 1 unspecified atom stereocenters. The lowest BCUT2D eigenvalue weighted by Gasteiger charge is -2.16. The van der Waals surface area contributed by atoms with Crippen molar-refractivity contribution >= 4 is 23.5 Å². The van der Waals surface area contributed by atoms with Crippen molar-refractivity contribution in [1.82, 2.24) is 9.78 Å². The van der Waals surface area contributed by atoms with E-state index in [1.54, 1.807) is 28.6 Å². The first kappa shape index (κ1) is 16.8. The van der Waals surface area contributed by atoms with E-state index in [-0.39, 0.29) is 17.0 Å². The molecule has 1 aliphatic heterocycles. The Morgan fingerprint density at radius 2 is 1.96 bits per heavy atom. The Kier molecular flexibility index (Phi) is 4.28. The summed E-state index contributed by atoms with van der Waals surface area (Å²) in [7, 11) is 0. The van der Waals surface area contributed by atoms with Crippen LogP contribution in [-0.2, 0) is 4.79 Å². The second kappa shape index (κ2) is 6.61. The average Bonchev–Trinajstić information content (AvgIpc) is 2.82. The van der Waals surface area contributed by atoms with Crippen molar-refractivity contribution in [1.29, 1.82) is 0 Å². The zero-order valence-electron chi connectivity index (χ0n) is 14.5. The molecule has 1 aromatic heterocycles. The van der Waals surface area contributed by atoms with E-state index in [1.165, 1.54) is 17.7 Å². The second-order valence-corrected chi connectivity index (χ2v) is 7.48. The predicted octanol–water partition coefficient (Wildman–Crippen LogP) is 4.40. The molecule has 0 radical (unpaired) electrons. The van der Waals surface area contributed by atoms with Gasteiger partial charge in [0.1, 0.15) is 11.6 Å². The Bertz CT molecular complexity index is 981. The molecule has 0 saturated carbocycles. The summed E-state index contributed by atoms with van der Waals surface area (Å²) in [6.45, 7) is 4.00. The van der Waals surface area contributed by atoms with Crippen molar-refractivity contribution in [3.05, 3.63) is 76.7 Å². The number of halogens is 1. The van der Waals surface area contributed by atoms with Gasteiger partial charge in [0.05, 0.1) is 22.4 Å². The zero-order chi connectivity index (χ0) is 18.3. The van der Waals surface area contributed by atoms with Gasteiger partial charge < -0.3 is 5.32 Å². The first-order valence-corrected chi connectivity index (χ1v) is 9.41. The van der Waals surface area contributed by atoms with Gasteiger partial charge in [0, 0.05) is 5.56 Å². The van der Waals surface area contributed by atoms with E-state index in [0.29, 0.717) is 17.3 Å². The normalized spacial score (nSPS) is 16.7. The number of anilines is 1. The van der Waals surface area contributed by atoms with E-state index in [4.69, 9.17) is 0 Å². The average molecular weight is 367 g/mol. The van der Waals surface area contributed by atoms with Crippen LogP contribution in [-0.4, -0.2) is 21.4 Å². The van der Waals surface area contributed by atoms with Crippen molar-refractivity contribution in [2.24, 2.45) is 0 Å². The van der Waals surface area contributed by atoms with Gasteiger partial charge in [0.15, 0.2) is 0 Å². The molecule has 1 N–H and O–H groups in total. The SMILES string of the molecule is Cc1cccc(C2SCC(=O)Nc3c2c(C)nn3-c2ccc(F)cc2)c1. The summed E-state index contributed by atoms with van der Waals surface area (Å²) in [5.41, 5.74) is 4.89. The summed E-state index contributed by atoms with van der Waals surface area (Å²) < 4.78 is 15.0. The maximum Gasteiger partial charge on any atom is 0.235 e. The molecule has 0 spiro atoms. The number of hydrogen-bond acceptors (Lipinski definition) is 3. The van der Waals surface area contributed by atoms with Crippen molar-refractivity contribution in [2.75, 3.05) is 11.1 Å². The number of amides is 1. The monoisotopic (exact) mass is 367 g/mol. The van der Waals surface area contributed by atoms with Crippen LogP contribution in [0.25, 0.3) is 5.69 Å². The molecular weight excluding hydrogens is 349 g/mol. The lowest BCUT2D eigenvalue weighted by Crippen LogP contribution is -2.15. The topological polar surface area (TPSA) is 46.9 Å². The minimum absolute atomic E-state index is 0.0121. The maximum absolute atomic E-state index is 13.3. The minimum Gasteiger partial charge on any atom is -0.310 e. The number of aromatic nitrogens is 2. The van der Waals surface area contributed by atoms with Crippen molar-refractivity contribution in [3.63, 3.8) is 0 Å². The Morgan fingerprint density at radius 1 is 1.19 bits per heavy atom. The minimum atomic E-state index is -0.305. The van der Waals surface area contributed by atoms with Crippen LogP contribution in [0.5, 0.6) is 0 Å².